The van der Waals surface area contributed by atoms with Crippen LogP contribution in [0.2, 0.25) is 0 Å². The highest BCUT2D eigenvalue weighted by molar-refractivity contribution is 5.95. The van der Waals surface area contributed by atoms with Gasteiger partial charge in [0.15, 0.2) is 0 Å². The average molecular weight is 773 g/mol. The smallest absolute Gasteiger partial charge is 0.345 e. The molecule has 0 aliphatic carbocycles. The highest BCUT2D eigenvalue weighted by Crippen LogP contribution is 2.33. The second-order valence-corrected chi connectivity index (χ2v) is 13.4. The van der Waals surface area contributed by atoms with E-state index < -0.39 is 5.97 Å². The van der Waals surface area contributed by atoms with Gasteiger partial charge < -0.3 is 33.2 Å². The molecule has 0 bridgehead atoms. The summed E-state index contributed by atoms with van der Waals surface area (Å²) in [6.45, 7) is 1.77. The second kappa shape index (κ2) is 20.1. The molecule has 0 N–H and O–H groups in total. The van der Waals surface area contributed by atoms with Crippen LogP contribution in [-0.4, -0.2) is 13.1 Å². The summed E-state index contributed by atoms with van der Waals surface area (Å²) in [6, 6.07) is 56.4. The molecule has 7 rings (SSSR count). The third-order valence-corrected chi connectivity index (χ3v) is 9.04. The molecule has 0 fully saturated rings. The lowest BCUT2D eigenvalue weighted by Gasteiger charge is -2.17. The Morgan fingerprint density at radius 2 is 0.638 bits per heavy atom. The zero-order valence-corrected chi connectivity index (χ0v) is 32.3. The predicted octanol–water partition coefficient (Wildman–Crippen LogP) is 10.9. The Labute approximate surface area is 339 Å². The fourth-order valence-electron chi connectivity index (χ4n) is 6.10. The third-order valence-electron chi connectivity index (χ3n) is 9.04. The lowest BCUT2D eigenvalue weighted by molar-refractivity contribution is 0.0589. The maximum Gasteiger partial charge on any atom is 0.345 e. The Morgan fingerprint density at radius 1 is 0.345 bits per heavy atom. The largest absolute Gasteiger partial charge is 0.489 e. The van der Waals surface area contributed by atoms with Crippen molar-refractivity contribution in [3.8, 4) is 34.5 Å². The zero-order chi connectivity index (χ0) is 39.8. The number of carbonyl (C=O) groups is 1. The summed E-state index contributed by atoms with van der Waals surface area (Å²) in [5.74, 6) is 2.52. The monoisotopic (exact) mass is 772 g/mol. The van der Waals surface area contributed by atoms with E-state index in [-0.39, 0.29) is 18.8 Å². The Hall–Kier alpha value is -7.19. The molecule has 0 saturated carbocycles. The first kappa shape index (κ1) is 39.1. The van der Waals surface area contributed by atoms with E-state index in [0.29, 0.717) is 60.9 Å². The van der Waals surface area contributed by atoms with Crippen molar-refractivity contribution in [2.75, 3.05) is 7.11 Å². The van der Waals surface area contributed by atoms with Gasteiger partial charge >= 0.3 is 5.97 Å². The fourth-order valence-corrected chi connectivity index (χ4v) is 6.10. The van der Waals surface area contributed by atoms with E-state index in [1.54, 1.807) is 18.2 Å². The molecule has 7 aromatic rings. The second-order valence-electron chi connectivity index (χ2n) is 13.4. The number of benzene rings is 7. The average Bonchev–Trinajstić information content (AvgIpc) is 3.28. The van der Waals surface area contributed by atoms with Crippen LogP contribution in [0.3, 0.4) is 0 Å². The predicted molar refractivity (Wildman–Crippen MR) is 222 cm³/mol. The van der Waals surface area contributed by atoms with Crippen molar-refractivity contribution in [2.45, 2.75) is 39.6 Å². The molecule has 0 heterocycles. The van der Waals surface area contributed by atoms with E-state index in [1.807, 2.05) is 158 Å². The first-order valence-electron chi connectivity index (χ1n) is 19.0. The summed E-state index contributed by atoms with van der Waals surface area (Å²) in [4.78, 5) is 13.3. The summed E-state index contributed by atoms with van der Waals surface area (Å²) in [5.41, 5.74) is 5.89. The van der Waals surface area contributed by atoms with E-state index in [2.05, 4.69) is 0 Å². The Morgan fingerprint density at radius 3 is 0.931 bits per heavy atom. The summed E-state index contributed by atoms with van der Waals surface area (Å²) in [7, 11) is 1.33. The topological polar surface area (TPSA) is 81.7 Å². The van der Waals surface area contributed by atoms with Crippen LogP contribution in [-0.2, 0) is 44.4 Å². The molecule has 0 aromatic heterocycles. The molecular formula is C50H44O8. The molecule has 0 unspecified atom stereocenters. The van der Waals surface area contributed by atoms with Gasteiger partial charge in [-0.15, -0.1) is 0 Å². The van der Waals surface area contributed by atoms with Gasteiger partial charge in [-0.2, -0.15) is 0 Å². The van der Waals surface area contributed by atoms with Crippen LogP contribution in [0.5, 0.6) is 34.5 Å². The molecule has 0 aliphatic rings. The van der Waals surface area contributed by atoms with Crippen molar-refractivity contribution in [2.24, 2.45) is 0 Å². The third kappa shape index (κ3) is 11.4. The Balaban J connectivity index is 1.09. The summed E-state index contributed by atoms with van der Waals surface area (Å²) in [6.07, 6.45) is 0. The maximum atomic E-state index is 13.3. The summed E-state index contributed by atoms with van der Waals surface area (Å²) < 4.78 is 42.7. The van der Waals surface area contributed by atoms with Crippen LogP contribution in [0, 0.1) is 0 Å². The molecule has 0 aliphatic heterocycles. The van der Waals surface area contributed by atoms with E-state index in [9.17, 15) is 4.79 Å². The van der Waals surface area contributed by atoms with Crippen LogP contribution < -0.4 is 28.4 Å². The van der Waals surface area contributed by atoms with Crippen LogP contribution in [0.4, 0.5) is 0 Å². The Kier molecular flexibility index (Phi) is 13.5. The first-order chi connectivity index (χ1) is 28.6. The molecule has 7 aromatic carbocycles. The van der Waals surface area contributed by atoms with Gasteiger partial charge in [0, 0.05) is 12.1 Å². The minimum atomic E-state index is -0.593. The Bertz CT molecular complexity index is 2070. The lowest BCUT2D eigenvalue weighted by Crippen LogP contribution is -2.10. The minimum Gasteiger partial charge on any atom is -0.489 e. The molecular weight excluding hydrogens is 729 g/mol. The number of hydrogen-bond acceptors (Lipinski definition) is 8. The van der Waals surface area contributed by atoms with Crippen LogP contribution in [0.15, 0.2) is 176 Å². The van der Waals surface area contributed by atoms with E-state index in [1.165, 1.54) is 7.11 Å². The van der Waals surface area contributed by atoms with E-state index in [0.717, 1.165) is 33.4 Å². The quantitative estimate of drug-likeness (QED) is 0.0752. The number of ether oxygens (including phenoxy) is 7. The number of rotatable bonds is 19. The summed E-state index contributed by atoms with van der Waals surface area (Å²) in [5, 5.41) is 0. The van der Waals surface area contributed by atoms with Crippen molar-refractivity contribution >= 4 is 5.97 Å². The lowest BCUT2D eigenvalue weighted by atomic mass is 10.1. The van der Waals surface area contributed by atoms with Crippen molar-refractivity contribution < 1.29 is 38.0 Å². The number of esters is 1. The summed E-state index contributed by atoms with van der Waals surface area (Å²) >= 11 is 0. The molecule has 0 saturated heterocycles. The first-order valence-corrected chi connectivity index (χ1v) is 19.0. The number of methoxy groups -OCH3 is 1. The fraction of sp³-hybridized carbons (Fsp3) is 0.140. The zero-order valence-electron chi connectivity index (χ0n) is 32.3. The van der Waals surface area contributed by atoms with Crippen molar-refractivity contribution in [1.82, 2.24) is 0 Å². The van der Waals surface area contributed by atoms with Crippen molar-refractivity contribution in [3.05, 3.63) is 215 Å². The molecule has 8 nitrogen and oxygen atoms in total. The normalized spacial score (nSPS) is 10.6. The number of carbonyl (C=O) groups excluding carboxylic acids is 1. The van der Waals surface area contributed by atoms with Crippen molar-refractivity contribution in [3.63, 3.8) is 0 Å². The minimum absolute atomic E-state index is 0.112. The highest BCUT2D eigenvalue weighted by atomic mass is 16.5. The standard InChI is InChI=1S/C50H44O8/c1-52-50(51)49-47(57-35-41-25-43(53-31-37-15-6-2-7-16-37)29-44(26-41)54-32-38-17-8-3-9-18-38)23-14-24-48(49)58-36-42-27-45(55-33-39-19-10-4-11-20-39)30-46(28-42)56-34-40-21-12-5-13-22-40/h2-30H,31-36H2,1H3. The van der Waals surface area contributed by atoms with Gasteiger partial charge in [-0.1, -0.05) is 127 Å². The number of hydrogen-bond donors (Lipinski definition) is 0. The maximum absolute atomic E-state index is 13.3. The van der Waals surface area contributed by atoms with E-state index >= 15 is 0 Å². The van der Waals surface area contributed by atoms with Crippen molar-refractivity contribution in [1.29, 1.82) is 0 Å². The SMILES string of the molecule is COC(=O)c1c(OCc2cc(OCc3ccccc3)cc(OCc3ccccc3)c2)cccc1OCc1cc(OCc2ccccc2)cc(OCc2ccccc2)c1. The van der Waals surface area contributed by atoms with Gasteiger partial charge in [-0.3, -0.25) is 0 Å². The van der Waals surface area contributed by atoms with Gasteiger partial charge in [0.1, 0.15) is 79.7 Å². The van der Waals surface area contributed by atoms with Gasteiger partial charge in [0.05, 0.1) is 7.11 Å². The van der Waals surface area contributed by atoms with Gasteiger partial charge in [0.2, 0.25) is 0 Å². The molecule has 0 radical (unpaired) electrons. The van der Waals surface area contributed by atoms with Gasteiger partial charge in [-0.05, 0) is 69.8 Å². The highest BCUT2D eigenvalue weighted by Gasteiger charge is 2.21. The molecule has 0 atom stereocenters. The van der Waals surface area contributed by atoms with Gasteiger partial charge in [-0.25, -0.2) is 4.79 Å². The molecule has 8 heteroatoms. The van der Waals surface area contributed by atoms with Crippen LogP contribution in [0.1, 0.15) is 43.7 Å². The van der Waals surface area contributed by atoms with Gasteiger partial charge in [0.25, 0.3) is 0 Å². The van der Waals surface area contributed by atoms with E-state index in [4.69, 9.17) is 33.2 Å². The van der Waals surface area contributed by atoms with Crippen LogP contribution >= 0.6 is 0 Å². The molecule has 0 spiro atoms. The molecule has 292 valence electrons. The molecule has 0 amide bonds. The molecule has 58 heavy (non-hydrogen) atoms. The van der Waals surface area contributed by atoms with Crippen LogP contribution in [0.25, 0.3) is 0 Å².